The zero-order chi connectivity index (χ0) is 21.5. The van der Waals surface area contributed by atoms with Gasteiger partial charge < -0.3 is 19.3 Å². The number of ether oxygens (including phenoxy) is 3. The van der Waals surface area contributed by atoms with Crippen LogP contribution in [0.3, 0.4) is 0 Å². The Balaban J connectivity index is 1.43. The largest absolute Gasteiger partial charge is 0.497 e. The van der Waals surface area contributed by atoms with Gasteiger partial charge in [0.25, 0.3) is 0 Å². The molecule has 1 aliphatic heterocycles. The van der Waals surface area contributed by atoms with Crippen LogP contribution in [-0.2, 0) is 6.54 Å². The first kappa shape index (κ1) is 23.0. The molecule has 0 bridgehead atoms. The first-order valence-corrected chi connectivity index (χ1v) is 10.7. The van der Waals surface area contributed by atoms with Crippen LogP contribution in [0.5, 0.6) is 17.2 Å². The minimum Gasteiger partial charge on any atom is -0.497 e. The summed E-state index contributed by atoms with van der Waals surface area (Å²) in [6, 6.07) is 11.1. The van der Waals surface area contributed by atoms with E-state index in [0.717, 1.165) is 38.3 Å². The summed E-state index contributed by atoms with van der Waals surface area (Å²) in [7, 11) is 3.18. The van der Waals surface area contributed by atoms with Gasteiger partial charge in [0.2, 0.25) is 0 Å². The highest BCUT2D eigenvalue weighted by Crippen LogP contribution is 2.31. The lowest BCUT2D eigenvalue weighted by atomic mass is 10.2. The molecule has 0 saturated carbocycles. The third kappa shape index (κ3) is 6.40. The molecule has 1 N–H and O–H groups in total. The van der Waals surface area contributed by atoms with Crippen LogP contribution in [0.2, 0.25) is 10.0 Å². The van der Waals surface area contributed by atoms with Gasteiger partial charge in [0.1, 0.15) is 18.5 Å². The van der Waals surface area contributed by atoms with E-state index < -0.39 is 6.10 Å². The summed E-state index contributed by atoms with van der Waals surface area (Å²) in [4.78, 5) is 4.63. The van der Waals surface area contributed by atoms with Crippen LogP contribution in [0, 0.1) is 0 Å². The third-order valence-corrected chi connectivity index (χ3v) is 5.87. The van der Waals surface area contributed by atoms with Gasteiger partial charge in [-0.05, 0) is 29.8 Å². The summed E-state index contributed by atoms with van der Waals surface area (Å²) in [6.45, 7) is 5.22. The highest BCUT2D eigenvalue weighted by atomic mass is 35.5. The molecule has 0 radical (unpaired) electrons. The predicted octanol–water partition coefficient (Wildman–Crippen LogP) is 3.57. The van der Waals surface area contributed by atoms with Gasteiger partial charge >= 0.3 is 0 Å². The molecular weight excluding hydrogens is 427 g/mol. The van der Waals surface area contributed by atoms with E-state index in [0.29, 0.717) is 33.8 Å². The van der Waals surface area contributed by atoms with Crippen LogP contribution in [0.4, 0.5) is 0 Å². The molecule has 0 spiro atoms. The standard InChI is InChI=1S/C22H28Cl2N2O4/c1-28-18-4-6-21(29-2)22(12-18)30-15-17(27)14-26-9-7-25(8-10-26)13-16-3-5-19(23)20(24)11-16/h3-6,11-12,17,27H,7-10,13-15H2,1-2H3. The Morgan fingerprint density at radius 3 is 2.30 bits per heavy atom. The van der Waals surface area contributed by atoms with E-state index in [2.05, 4.69) is 9.80 Å². The van der Waals surface area contributed by atoms with E-state index in [1.54, 1.807) is 32.4 Å². The summed E-state index contributed by atoms with van der Waals surface area (Å²) < 4.78 is 16.3. The van der Waals surface area contributed by atoms with Crippen LogP contribution in [0.1, 0.15) is 5.56 Å². The van der Waals surface area contributed by atoms with E-state index in [-0.39, 0.29) is 6.61 Å². The number of piperazine rings is 1. The molecule has 1 atom stereocenters. The number of hydrogen-bond donors (Lipinski definition) is 1. The fourth-order valence-corrected chi connectivity index (χ4v) is 3.78. The van der Waals surface area contributed by atoms with Crippen LogP contribution in [0.15, 0.2) is 36.4 Å². The van der Waals surface area contributed by atoms with Crippen molar-refractivity contribution >= 4 is 23.2 Å². The number of rotatable bonds is 9. The summed E-state index contributed by atoms with van der Waals surface area (Å²) in [5.74, 6) is 1.85. The molecule has 3 rings (SSSR count). The van der Waals surface area contributed by atoms with Crippen molar-refractivity contribution in [1.29, 1.82) is 0 Å². The van der Waals surface area contributed by atoms with Crippen molar-refractivity contribution in [2.24, 2.45) is 0 Å². The predicted molar refractivity (Wildman–Crippen MR) is 119 cm³/mol. The highest BCUT2D eigenvalue weighted by molar-refractivity contribution is 6.42. The van der Waals surface area contributed by atoms with E-state index in [4.69, 9.17) is 37.4 Å². The number of nitrogens with zero attached hydrogens (tertiary/aromatic N) is 2. The van der Waals surface area contributed by atoms with Crippen LogP contribution < -0.4 is 14.2 Å². The fraction of sp³-hybridized carbons (Fsp3) is 0.455. The van der Waals surface area contributed by atoms with Gasteiger partial charge in [-0.1, -0.05) is 29.3 Å². The van der Waals surface area contributed by atoms with Crippen molar-refractivity contribution < 1.29 is 19.3 Å². The molecule has 8 heteroatoms. The summed E-state index contributed by atoms with van der Waals surface area (Å²) in [6.07, 6.45) is -0.595. The molecule has 1 aliphatic rings. The molecule has 0 aromatic heterocycles. The number of methoxy groups -OCH3 is 2. The number of aliphatic hydroxyl groups is 1. The average Bonchev–Trinajstić information content (AvgIpc) is 2.76. The van der Waals surface area contributed by atoms with Gasteiger partial charge in [0.05, 0.1) is 24.3 Å². The zero-order valence-electron chi connectivity index (χ0n) is 17.3. The molecular formula is C22H28Cl2N2O4. The SMILES string of the molecule is COc1ccc(OC)c(OCC(O)CN2CCN(Cc3ccc(Cl)c(Cl)c3)CC2)c1. The second-order valence-corrected chi connectivity index (χ2v) is 8.12. The third-order valence-electron chi connectivity index (χ3n) is 5.13. The number of aliphatic hydroxyl groups excluding tert-OH is 1. The van der Waals surface area contributed by atoms with Crippen molar-refractivity contribution in [3.05, 3.63) is 52.0 Å². The van der Waals surface area contributed by atoms with Gasteiger partial charge in [0.15, 0.2) is 11.5 Å². The Labute approximate surface area is 187 Å². The number of β-amino-alcohol motifs (C(OH)–C–C–N with tert-alkyl or cyclic N) is 1. The molecule has 6 nitrogen and oxygen atoms in total. The summed E-state index contributed by atoms with van der Waals surface area (Å²) in [5, 5.41) is 11.6. The molecule has 2 aromatic carbocycles. The molecule has 0 aliphatic carbocycles. The van der Waals surface area contributed by atoms with E-state index in [9.17, 15) is 5.11 Å². The Bertz CT molecular complexity index is 829. The van der Waals surface area contributed by atoms with Gasteiger partial charge in [-0.25, -0.2) is 0 Å². The van der Waals surface area contributed by atoms with Crippen LogP contribution in [0.25, 0.3) is 0 Å². The molecule has 2 aromatic rings. The topological polar surface area (TPSA) is 54.4 Å². The summed E-state index contributed by atoms with van der Waals surface area (Å²) >= 11 is 12.1. The van der Waals surface area contributed by atoms with Crippen molar-refractivity contribution in [3.8, 4) is 17.2 Å². The maximum Gasteiger partial charge on any atom is 0.164 e. The van der Waals surface area contributed by atoms with Crippen molar-refractivity contribution in [3.63, 3.8) is 0 Å². The van der Waals surface area contributed by atoms with Crippen LogP contribution >= 0.6 is 23.2 Å². The number of hydrogen-bond acceptors (Lipinski definition) is 6. The molecule has 30 heavy (non-hydrogen) atoms. The van der Waals surface area contributed by atoms with Crippen molar-refractivity contribution in [2.75, 3.05) is 53.6 Å². The number of benzene rings is 2. The molecule has 1 unspecified atom stereocenters. The Morgan fingerprint density at radius 1 is 0.900 bits per heavy atom. The van der Waals surface area contributed by atoms with E-state index in [1.807, 2.05) is 18.2 Å². The average molecular weight is 455 g/mol. The Kier molecular flexibility index (Phi) is 8.48. The zero-order valence-corrected chi connectivity index (χ0v) is 18.8. The minimum absolute atomic E-state index is 0.188. The lowest BCUT2D eigenvalue weighted by Crippen LogP contribution is -2.48. The molecule has 1 saturated heterocycles. The lowest BCUT2D eigenvalue weighted by Gasteiger charge is -2.35. The number of halogens is 2. The monoisotopic (exact) mass is 454 g/mol. The van der Waals surface area contributed by atoms with Crippen LogP contribution in [-0.4, -0.2) is 74.6 Å². The molecule has 1 fully saturated rings. The van der Waals surface area contributed by atoms with Gasteiger partial charge in [-0.2, -0.15) is 0 Å². The van der Waals surface area contributed by atoms with E-state index >= 15 is 0 Å². The van der Waals surface area contributed by atoms with Gasteiger partial charge in [-0.3, -0.25) is 9.80 Å². The minimum atomic E-state index is -0.595. The van der Waals surface area contributed by atoms with Crippen molar-refractivity contribution in [1.82, 2.24) is 9.80 Å². The smallest absolute Gasteiger partial charge is 0.164 e. The maximum absolute atomic E-state index is 10.4. The van der Waals surface area contributed by atoms with Crippen molar-refractivity contribution in [2.45, 2.75) is 12.6 Å². The fourth-order valence-electron chi connectivity index (χ4n) is 3.46. The first-order valence-electron chi connectivity index (χ1n) is 9.90. The molecule has 0 amide bonds. The lowest BCUT2D eigenvalue weighted by molar-refractivity contribution is 0.0440. The normalized spacial score (nSPS) is 16.3. The quantitative estimate of drug-likeness (QED) is 0.624. The molecule has 164 valence electrons. The Hall–Kier alpha value is -1.70. The first-order chi connectivity index (χ1) is 14.5. The molecule has 1 heterocycles. The Morgan fingerprint density at radius 2 is 1.63 bits per heavy atom. The van der Waals surface area contributed by atoms with Gasteiger partial charge in [0, 0.05) is 45.3 Å². The second-order valence-electron chi connectivity index (χ2n) is 7.31. The summed E-state index contributed by atoms with van der Waals surface area (Å²) in [5.41, 5.74) is 1.15. The maximum atomic E-state index is 10.4. The second kappa shape index (κ2) is 11.1. The van der Waals surface area contributed by atoms with Gasteiger partial charge in [-0.15, -0.1) is 0 Å². The highest BCUT2D eigenvalue weighted by Gasteiger charge is 2.20. The van der Waals surface area contributed by atoms with E-state index in [1.165, 1.54) is 0 Å².